The van der Waals surface area contributed by atoms with E-state index in [1.54, 1.807) is 0 Å². The Hall–Kier alpha value is -0.910. The highest BCUT2D eigenvalue weighted by Gasteiger charge is 2.30. The number of imidazole rings is 1. The number of aromatic nitrogens is 2. The van der Waals surface area contributed by atoms with Gasteiger partial charge in [0.05, 0.1) is 23.8 Å². The van der Waals surface area contributed by atoms with Crippen molar-refractivity contribution in [2.24, 2.45) is 0 Å². The number of rotatable bonds is 2. The standard InChI is InChI=1S/C13H23N5/c1-10(2)17-3-5-18(6-4-17)12-8-14-7-11-13(12)16-9-15-11/h9-10,12,14H,3-8H2,1-2H3,(H,15,16). The van der Waals surface area contributed by atoms with Gasteiger partial charge in [-0.25, -0.2) is 4.98 Å². The van der Waals surface area contributed by atoms with Crippen LogP contribution < -0.4 is 5.32 Å². The summed E-state index contributed by atoms with van der Waals surface area (Å²) in [6.45, 7) is 11.2. The molecule has 2 aliphatic rings. The van der Waals surface area contributed by atoms with E-state index in [0.717, 1.165) is 26.2 Å². The third-order valence-electron chi connectivity index (χ3n) is 4.23. The summed E-state index contributed by atoms with van der Waals surface area (Å²) in [5, 5.41) is 3.48. The molecule has 5 heteroatoms. The van der Waals surface area contributed by atoms with Gasteiger partial charge in [-0.3, -0.25) is 9.80 Å². The second kappa shape index (κ2) is 4.99. The topological polar surface area (TPSA) is 47.2 Å². The minimum atomic E-state index is 0.453. The third kappa shape index (κ3) is 2.18. The van der Waals surface area contributed by atoms with Gasteiger partial charge in [0.1, 0.15) is 0 Å². The summed E-state index contributed by atoms with van der Waals surface area (Å²) in [6.07, 6.45) is 1.83. The molecule has 3 heterocycles. The quantitative estimate of drug-likeness (QED) is 0.805. The van der Waals surface area contributed by atoms with Crippen LogP contribution in [0.1, 0.15) is 31.3 Å². The molecule has 1 fully saturated rings. The van der Waals surface area contributed by atoms with Crippen LogP contribution >= 0.6 is 0 Å². The fourth-order valence-corrected chi connectivity index (χ4v) is 3.06. The van der Waals surface area contributed by atoms with Gasteiger partial charge in [0.15, 0.2) is 0 Å². The predicted octanol–water partition coefficient (Wildman–Crippen LogP) is 0.580. The molecule has 0 bridgehead atoms. The first kappa shape index (κ1) is 12.1. The van der Waals surface area contributed by atoms with E-state index in [0.29, 0.717) is 12.1 Å². The van der Waals surface area contributed by atoms with Gasteiger partial charge < -0.3 is 10.3 Å². The Kier molecular flexibility index (Phi) is 3.37. The molecular formula is C13H23N5. The highest BCUT2D eigenvalue weighted by Crippen LogP contribution is 2.25. The summed E-state index contributed by atoms with van der Waals surface area (Å²) < 4.78 is 0. The number of piperazine rings is 1. The van der Waals surface area contributed by atoms with Gasteiger partial charge in [-0.15, -0.1) is 0 Å². The molecule has 100 valence electrons. The van der Waals surface area contributed by atoms with Crippen molar-refractivity contribution in [3.63, 3.8) is 0 Å². The molecule has 18 heavy (non-hydrogen) atoms. The van der Waals surface area contributed by atoms with E-state index in [4.69, 9.17) is 0 Å². The molecular weight excluding hydrogens is 226 g/mol. The summed E-state index contributed by atoms with van der Waals surface area (Å²) in [5.74, 6) is 0. The van der Waals surface area contributed by atoms with Crippen LogP contribution in [0.2, 0.25) is 0 Å². The van der Waals surface area contributed by atoms with E-state index < -0.39 is 0 Å². The van der Waals surface area contributed by atoms with Crippen LogP contribution in [-0.4, -0.2) is 58.5 Å². The van der Waals surface area contributed by atoms with Crippen LogP contribution in [0.15, 0.2) is 6.33 Å². The van der Waals surface area contributed by atoms with Crippen LogP contribution in [0.4, 0.5) is 0 Å². The number of hydrogen-bond acceptors (Lipinski definition) is 4. The van der Waals surface area contributed by atoms with Crippen molar-refractivity contribution in [2.45, 2.75) is 32.5 Å². The average Bonchev–Trinajstić information content (AvgIpc) is 2.87. The number of fused-ring (bicyclic) bond motifs is 1. The van der Waals surface area contributed by atoms with Crippen molar-refractivity contribution in [3.8, 4) is 0 Å². The van der Waals surface area contributed by atoms with E-state index in [2.05, 4.69) is 38.9 Å². The van der Waals surface area contributed by atoms with Gasteiger partial charge in [-0.2, -0.15) is 0 Å². The number of nitrogens with one attached hydrogen (secondary N) is 2. The van der Waals surface area contributed by atoms with Gasteiger partial charge in [-0.05, 0) is 13.8 Å². The molecule has 2 N–H and O–H groups in total. The molecule has 1 atom stereocenters. The first-order valence-electron chi connectivity index (χ1n) is 6.96. The SMILES string of the molecule is CC(C)N1CCN(C2CNCc3[nH]cnc32)CC1. The zero-order valence-electron chi connectivity index (χ0n) is 11.3. The molecule has 1 aromatic rings. The minimum absolute atomic E-state index is 0.453. The van der Waals surface area contributed by atoms with Crippen molar-refractivity contribution in [2.75, 3.05) is 32.7 Å². The second-order valence-electron chi connectivity index (χ2n) is 5.58. The molecule has 5 nitrogen and oxygen atoms in total. The monoisotopic (exact) mass is 249 g/mol. The summed E-state index contributed by atoms with van der Waals surface area (Å²) in [4.78, 5) is 12.9. The summed E-state index contributed by atoms with van der Waals surface area (Å²) in [7, 11) is 0. The lowest BCUT2D eigenvalue weighted by molar-refractivity contribution is 0.0734. The Bertz CT molecular complexity index is 392. The first-order chi connectivity index (χ1) is 8.75. The molecule has 1 unspecified atom stereocenters. The van der Waals surface area contributed by atoms with Crippen molar-refractivity contribution >= 4 is 0 Å². The van der Waals surface area contributed by atoms with E-state index in [1.165, 1.54) is 24.5 Å². The maximum atomic E-state index is 4.52. The van der Waals surface area contributed by atoms with Crippen molar-refractivity contribution < 1.29 is 0 Å². The van der Waals surface area contributed by atoms with E-state index in [1.807, 2.05) is 6.33 Å². The van der Waals surface area contributed by atoms with Gasteiger partial charge in [0.2, 0.25) is 0 Å². The largest absolute Gasteiger partial charge is 0.347 e. The number of aromatic amines is 1. The Morgan fingerprint density at radius 3 is 2.78 bits per heavy atom. The lowest BCUT2D eigenvalue weighted by Crippen LogP contribution is -2.52. The van der Waals surface area contributed by atoms with Crippen LogP contribution in [0.25, 0.3) is 0 Å². The maximum absolute atomic E-state index is 4.52. The minimum Gasteiger partial charge on any atom is -0.347 e. The molecule has 0 spiro atoms. The van der Waals surface area contributed by atoms with E-state index in [-0.39, 0.29) is 0 Å². The Morgan fingerprint density at radius 2 is 2.06 bits per heavy atom. The van der Waals surface area contributed by atoms with Gasteiger partial charge in [0.25, 0.3) is 0 Å². The third-order valence-corrected chi connectivity index (χ3v) is 4.23. The number of nitrogens with zero attached hydrogens (tertiary/aromatic N) is 3. The average molecular weight is 249 g/mol. The van der Waals surface area contributed by atoms with Crippen LogP contribution in [0.3, 0.4) is 0 Å². The van der Waals surface area contributed by atoms with Gasteiger partial charge in [0, 0.05) is 45.3 Å². The van der Waals surface area contributed by atoms with Gasteiger partial charge >= 0.3 is 0 Å². The molecule has 0 aliphatic carbocycles. The number of H-pyrrole nitrogens is 1. The fraction of sp³-hybridized carbons (Fsp3) is 0.769. The van der Waals surface area contributed by atoms with Crippen LogP contribution in [-0.2, 0) is 6.54 Å². The van der Waals surface area contributed by atoms with Crippen molar-refractivity contribution in [3.05, 3.63) is 17.7 Å². The molecule has 2 aliphatic heterocycles. The van der Waals surface area contributed by atoms with E-state index in [9.17, 15) is 0 Å². The first-order valence-corrected chi connectivity index (χ1v) is 6.96. The van der Waals surface area contributed by atoms with E-state index >= 15 is 0 Å². The molecule has 1 saturated heterocycles. The zero-order valence-corrected chi connectivity index (χ0v) is 11.3. The summed E-state index contributed by atoms with van der Waals surface area (Å²) in [6, 6.07) is 1.12. The second-order valence-corrected chi connectivity index (χ2v) is 5.58. The molecule has 0 aromatic carbocycles. The van der Waals surface area contributed by atoms with Gasteiger partial charge in [-0.1, -0.05) is 0 Å². The summed E-state index contributed by atoms with van der Waals surface area (Å²) >= 11 is 0. The zero-order chi connectivity index (χ0) is 12.5. The maximum Gasteiger partial charge on any atom is 0.0926 e. The molecule has 1 aromatic heterocycles. The molecule has 3 rings (SSSR count). The van der Waals surface area contributed by atoms with Crippen LogP contribution in [0.5, 0.6) is 0 Å². The predicted molar refractivity (Wildman–Crippen MR) is 71.3 cm³/mol. The van der Waals surface area contributed by atoms with Crippen LogP contribution in [0, 0.1) is 0 Å². The van der Waals surface area contributed by atoms with Crippen molar-refractivity contribution in [1.29, 1.82) is 0 Å². The Balaban J connectivity index is 1.68. The molecule has 0 radical (unpaired) electrons. The lowest BCUT2D eigenvalue weighted by Gasteiger charge is -2.41. The highest BCUT2D eigenvalue weighted by molar-refractivity contribution is 5.19. The molecule has 0 saturated carbocycles. The Labute approximate surface area is 109 Å². The molecule has 0 amide bonds. The smallest absolute Gasteiger partial charge is 0.0926 e. The highest BCUT2D eigenvalue weighted by atomic mass is 15.3. The number of hydrogen-bond donors (Lipinski definition) is 2. The normalized spacial score (nSPS) is 26.5. The fourth-order valence-electron chi connectivity index (χ4n) is 3.06. The summed E-state index contributed by atoms with van der Waals surface area (Å²) in [5.41, 5.74) is 2.52. The van der Waals surface area contributed by atoms with Crippen molar-refractivity contribution in [1.82, 2.24) is 25.1 Å². The Morgan fingerprint density at radius 1 is 1.28 bits per heavy atom. The lowest BCUT2D eigenvalue weighted by atomic mass is 10.1.